The van der Waals surface area contributed by atoms with E-state index in [1.54, 1.807) is 0 Å². The number of piperidine rings is 1. The van der Waals surface area contributed by atoms with Gasteiger partial charge in [0.05, 0.1) is 0 Å². The van der Waals surface area contributed by atoms with Crippen molar-refractivity contribution in [2.24, 2.45) is 23.0 Å². The van der Waals surface area contributed by atoms with Crippen molar-refractivity contribution < 1.29 is 4.79 Å². The number of hydrogen-bond donors (Lipinski definition) is 1. The summed E-state index contributed by atoms with van der Waals surface area (Å²) in [6, 6.07) is 0. The Labute approximate surface area is 111 Å². The molecule has 2 unspecified atom stereocenters. The van der Waals surface area contributed by atoms with E-state index in [1.807, 2.05) is 0 Å². The maximum atomic E-state index is 12.7. The first-order valence-electron chi connectivity index (χ1n) is 7.53. The Hall–Kier alpha value is -0.570. The third kappa shape index (κ3) is 2.87. The largest absolute Gasteiger partial charge is 0.342 e. The molecule has 1 heterocycles. The number of carbonyl (C=O) groups excluding carboxylic acids is 1. The minimum atomic E-state index is 0.186. The second-order valence-corrected chi connectivity index (χ2v) is 6.82. The molecule has 0 spiro atoms. The summed E-state index contributed by atoms with van der Waals surface area (Å²) in [5.41, 5.74) is 5.94. The van der Waals surface area contributed by atoms with Crippen molar-refractivity contribution in [1.82, 2.24) is 4.90 Å². The third-order valence-electron chi connectivity index (χ3n) is 4.97. The van der Waals surface area contributed by atoms with Gasteiger partial charge in [-0.15, -0.1) is 0 Å². The maximum Gasteiger partial charge on any atom is 0.226 e. The molecule has 3 nitrogen and oxygen atoms in total. The van der Waals surface area contributed by atoms with Crippen molar-refractivity contribution >= 4 is 5.91 Å². The molecule has 0 aromatic carbocycles. The highest BCUT2D eigenvalue weighted by Crippen LogP contribution is 2.41. The fraction of sp³-hybridized carbons (Fsp3) is 0.933. The molecule has 3 heteroatoms. The fourth-order valence-electron chi connectivity index (χ4n) is 3.63. The Morgan fingerprint density at radius 1 is 1.28 bits per heavy atom. The highest BCUT2D eigenvalue weighted by Gasteiger charge is 2.39. The van der Waals surface area contributed by atoms with Crippen LogP contribution in [0, 0.1) is 17.3 Å². The highest BCUT2D eigenvalue weighted by atomic mass is 16.2. The molecule has 1 saturated carbocycles. The van der Waals surface area contributed by atoms with Gasteiger partial charge in [0.25, 0.3) is 0 Å². The van der Waals surface area contributed by atoms with E-state index in [4.69, 9.17) is 5.73 Å². The summed E-state index contributed by atoms with van der Waals surface area (Å²) < 4.78 is 0. The molecular formula is C15H28N2O. The summed E-state index contributed by atoms with van der Waals surface area (Å²) in [5.74, 6) is 1.16. The van der Waals surface area contributed by atoms with E-state index in [-0.39, 0.29) is 11.3 Å². The molecule has 0 aromatic heterocycles. The minimum absolute atomic E-state index is 0.186. The van der Waals surface area contributed by atoms with Crippen LogP contribution in [0.3, 0.4) is 0 Å². The van der Waals surface area contributed by atoms with Crippen molar-refractivity contribution in [2.75, 3.05) is 19.6 Å². The average molecular weight is 252 g/mol. The summed E-state index contributed by atoms with van der Waals surface area (Å²) >= 11 is 0. The molecule has 1 aliphatic heterocycles. The molecule has 104 valence electrons. The Morgan fingerprint density at radius 2 is 2.06 bits per heavy atom. The summed E-state index contributed by atoms with van der Waals surface area (Å²) in [5, 5.41) is 0. The molecule has 1 aliphatic carbocycles. The maximum absolute atomic E-state index is 12.7. The number of likely N-dealkylation sites (tertiary alicyclic amines) is 1. The first-order valence-corrected chi connectivity index (χ1v) is 7.53. The lowest BCUT2D eigenvalue weighted by atomic mass is 9.68. The van der Waals surface area contributed by atoms with Crippen molar-refractivity contribution in [1.29, 1.82) is 0 Å². The lowest BCUT2D eigenvalue weighted by Gasteiger charge is -2.42. The van der Waals surface area contributed by atoms with Crippen LogP contribution in [0.1, 0.15) is 52.4 Å². The predicted octanol–water partition coefficient (Wildman–Crippen LogP) is 2.40. The van der Waals surface area contributed by atoms with E-state index in [9.17, 15) is 4.79 Å². The van der Waals surface area contributed by atoms with Crippen LogP contribution in [0.4, 0.5) is 0 Å². The van der Waals surface area contributed by atoms with Crippen molar-refractivity contribution in [3.63, 3.8) is 0 Å². The first kappa shape index (κ1) is 13.9. The van der Waals surface area contributed by atoms with Crippen LogP contribution in [-0.4, -0.2) is 30.4 Å². The molecule has 1 amide bonds. The van der Waals surface area contributed by atoms with Gasteiger partial charge in [0, 0.05) is 19.0 Å². The zero-order chi connectivity index (χ0) is 13.2. The minimum Gasteiger partial charge on any atom is -0.342 e. The Balaban J connectivity index is 2.01. The number of rotatable bonds is 2. The fourth-order valence-corrected chi connectivity index (χ4v) is 3.63. The summed E-state index contributed by atoms with van der Waals surface area (Å²) in [7, 11) is 0. The normalized spacial score (nSPS) is 32.3. The van der Waals surface area contributed by atoms with Crippen LogP contribution in [0.2, 0.25) is 0 Å². The van der Waals surface area contributed by atoms with Gasteiger partial charge in [-0.1, -0.05) is 26.7 Å². The summed E-state index contributed by atoms with van der Waals surface area (Å²) in [6.45, 7) is 7.08. The van der Waals surface area contributed by atoms with E-state index in [0.717, 1.165) is 32.5 Å². The number of nitrogens with two attached hydrogens (primary N) is 1. The molecule has 18 heavy (non-hydrogen) atoms. The van der Waals surface area contributed by atoms with Gasteiger partial charge in [-0.25, -0.2) is 0 Å². The molecule has 0 bridgehead atoms. The molecule has 1 saturated heterocycles. The van der Waals surface area contributed by atoms with Gasteiger partial charge in [0.2, 0.25) is 5.91 Å². The summed E-state index contributed by atoms with van der Waals surface area (Å²) in [4.78, 5) is 14.8. The SMILES string of the molecule is CC1(C)CCCCC1C(=O)N1CCCC(CN)C1. The van der Waals surface area contributed by atoms with Crippen LogP contribution in [0.25, 0.3) is 0 Å². The monoisotopic (exact) mass is 252 g/mol. The van der Waals surface area contributed by atoms with Crippen LogP contribution >= 0.6 is 0 Å². The third-order valence-corrected chi connectivity index (χ3v) is 4.97. The van der Waals surface area contributed by atoms with E-state index in [2.05, 4.69) is 18.7 Å². The molecule has 0 radical (unpaired) electrons. The standard InChI is InChI=1S/C15H28N2O/c1-15(2)8-4-3-7-13(15)14(18)17-9-5-6-12(10-16)11-17/h12-13H,3-11,16H2,1-2H3. The van der Waals surface area contributed by atoms with Crippen molar-refractivity contribution in [3.05, 3.63) is 0 Å². The van der Waals surface area contributed by atoms with Gasteiger partial charge >= 0.3 is 0 Å². The lowest BCUT2D eigenvalue weighted by Crippen LogP contribution is -2.48. The van der Waals surface area contributed by atoms with Crippen LogP contribution < -0.4 is 5.73 Å². The second-order valence-electron chi connectivity index (χ2n) is 6.82. The van der Waals surface area contributed by atoms with Gasteiger partial charge in [-0.2, -0.15) is 0 Å². The number of nitrogens with zero attached hydrogens (tertiary/aromatic N) is 1. The topological polar surface area (TPSA) is 46.3 Å². The van der Waals surface area contributed by atoms with Crippen molar-refractivity contribution in [2.45, 2.75) is 52.4 Å². The van der Waals surface area contributed by atoms with E-state index in [1.165, 1.54) is 25.7 Å². The molecule has 2 aliphatic rings. The Bertz CT molecular complexity index is 301. The lowest BCUT2D eigenvalue weighted by molar-refractivity contribution is -0.143. The number of hydrogen-bond acceptors (Lipinski definition) is 2. The number of amides is 1. The van der Waals surface area contributed by atoms with Crippen molar-refractivity contribution in [3.8, 4) is 0 Å². The number of carbonyl (C=O) groups is 1. The van der Waals surface area contributed by atoms with Gasteiger partial charge in [0.1, 0.15) is 0 Å². The predicted molar refractivity (Wildman–Crippen MR) is 74.1 cm³/mol. The Kier molecular flexibility index (Phi) is 4.31. The zero-order valence-corrected chi connectivity index (χ0v) is 12.0. The quantitative estimate of drug-likeness (QED) is 0.820. The molecule has 0 aromatic rings. The van der Waals surface area contributed by atoms with E-state index < -0.39 is 0 Å². The van der Waals surface area contributed by atoms with Gasteiger partial charge in [-0.05, 0) is 43.6 Å². The first-order chi connectivity index (χ1) is 8.54. The molecular weight excluding hydrogens is 224 g/mol. The Morgan fingerprint density at radius 3 is 2.72 bits per heavy atom. The van der Waals surface area contributed by atoms with Gasteiger partial charge in [0.15, 0.2) is 0 Å². The summed E-state index contributed by atoms with van der Waals surface area (Å²) in [6.07, 6.45) is 7.08. The smallest absolute Gasteiger partial charge is 0.226 e. The molecule has 2 rings (SSSR count). The average Bonchev–Trinajstić information content (AvgIpc) is 2.37. The van der Waals surface area contributed by atoms with Crippen LogP contribution in [-0.2, 0) is 4.79 Å². The van der Waals surface area contributed by atoms with Gasteiger partial charge in [-0.3, -0.25) is 4.79 Å². The molecule has 2 fully saturated rings. The van der Waals surface area contributed by atoms with E-state index >= 15 is 0 Å². The highest BCUT2D eigenvalue weighted by molar-refractivity contribution is 5.79. The van der Waals surface area contributed by atoms with E-state index in [0.29, 0.717) is 11.8 Å². The van der Waals surface area contributed by atoms with Gasteiger partial charge < -0.3 is 10.6 Å². The second kappa shape index (κ2) is 5.60. The van der Waals surface area contributed by atoms with Crippen LogP contribution in [0.15, 0.2) is 0 Å². The zero-order valence-electron chi connectivity index (χ0n) is 12.0. The van der Waals surface area contributed by atoms with Crippen LogP contribution in [0.5, 0.6) is 0 Å². The molecule has 2 atom stereocenters. The molecule has 2 N–H and O–H groups in total.